The Labute approximate surface area is 120 Å². The number of amides is 1. The average molecular weight is 277 g/mol. The minimum absolute atomic E-state index is 0.0480. The third-order valence-corrected chi connectivity index (χ3v) is 3.68. The van der Waals surface area contributed by atoms with Gasteiger partial charge in [0, 0.05) is 18.7 Å². The van der Waals surface area contributed by atoms with E-state index < -0.39 is 0 Å². The zero-order valence-electron chi connectivity index (χ0n) is 12.4. The van der Waals surface area contributed by atoms with Gasteiger partial charge in [0.2, 0.25) is 0 Å². The van der Waals surface area contributed by atoms with Crippen LogP contribution in [0, 0.1) is 5.92 Å². The van der Waals surface area contributed by atoms with Crippen molar-refractivity contribution in [1.29, 1.82) is 0 Å². The van der Waals surface area contributed by atoms with Crippen molar-refractivity contribution >= 4 is 5.91 Å². The Morgan fingerprint density at radius 1 is 1.50 bits per heavy atom. The first-order chi connectivity index (χ1) is 9.50. The van der Waals surface area contributed by atoms with Gasteiger partial charge in [-0.05, 0) is 50.8 Å². The normalized spacial score (nSPS) is 21.2. The Morgan fingerprint density at radius 3 is 3.00 bits per heavy atom. The number of methoxy groups -OCH3 is 1. The molecule has 0 saturated carbocycles. The molecule has 0 aliphatic carbocycles. The molecule has 4 nitrogen and oxygen atoms in total. The maximum atomic E-state index is 12.1. The van der Waals surface area contributed by atoms with Crippen LogP contribution in [0.25, 0.3) is 0 Å². The van der Waals surface area contributed by atoms with E-state index in [1.165, 1.54) is 0 Å². The first kappa shape index (κ1) is 14.9. The molecule has 20 heavy (non-hydrogen) atoms. The Morgan fingerprint density at radius 2 is 2.30 bits per heavy atom. The lowest BCUT2D eigenvalue weighted by Crippen LogP contribution is -2.39. The van der Waals surface area contributed by atoms with Crippen LogP contribution < -0.4 is 10.1 Å². The molecule has 1 aromatic rings. The van der Waals surface area contributed by atoms with E-state index >= 15 is 0 Å². The molecule has 1 aromatic carbocycles. The van der Waals surface area contributed by atoms with E-state index in [0.29, 0.717) is 23.8 Å². The van der Waals surface area contributed by atoms with Gasteiger partial charge in [-0.15, -0.1) is 0 Å². The lowest BCUT2D eigenvalue weighted by molar-refractivity contribution is -0.0715. The first-order valence-electron chi connectivity index (χ1n) is 7.06. The molecule has 0 spiro atoms. The molecule has 1 amide bonds. The van der Waals surface area contributed by atoms with E-state index in [4.69, 9.17) is 9.47 Å². The molecule has 1 fully saturated rings. The summed E-state index contributed by atoms with van der Waals surface area (Å²) in [4.78, 5) is 12.1. The highest BCUT2D eigenvalue weighted by Gasteiger charge is 2.28. The second-order valence-electron chi connectivity index (χ2n) is 5.91. The van der Waals surface area contributed by atoms with E-state index in [1.54, 1.807) is 19.2 Å². The maximum Gasteiger partial charge on any atom is 0.251 e. The van der Waals surface area contributed by atoms with Crippen LogP contribution in [0.3, 0.4) is 0 Å². The molecular formula is C16H23NO3. The van der Waals surface area contributed by atoms with Crippen molar-refractivity contribution in [3.63, 3.8) is 0 Å². The third kappa shape index (κ3) is 3.97. The van der Waals surface area contributed by atoms with Gasteiger partial charge < -0.3 is 14.8 Å². The molecule has 0 aromatic heterocycles. The van der Waals surface area contributed by atoms with Crippen molar-refractivity contribution in [3.05, 3.63) is 29.8 Å². The molecule has 1 heterocycles. The fraction of sp³-hybridized carbons (Fsp3) is 0.562. The van der Waals surface area contributed by atoms with Gasteiger partial charge in [0.05, 0.1) is 12.7 Å². The van der Waals surface area contributed by atoms with Crippen LogP contribution in [-0.2, 0) is 4.74 Å². The Hall–Kier alpha value is -1.55. The Kier molecular flexibility index (Phi) is 4.65. The standard InChI is InChI=1S/C16H23NO3/c1-16(2)10-12(7-8-20-16)11-17-15(18)13-5-4-6-14(9-13)19-3/h4-6,9,12H,7-8,10-11H2,1-3H3,(H,17,18). The van der Waals surface area contributed by atoms with Crippen molar-refractivity contribution in [2.75, 3.05) is 20.3 Å². The number of hydrogen-bond acceptors (Lipinski definition) is 3. The second-order valence-corrected chi connectivity index (χ2v) is 5.91. The van der Waals surface area contributed by atoms with E-state index in [9.17, 15) is 4.79 Å². The summed E-state index contributed by atoms with van der Waals surface area (Å²) in [5, 5.41) is 3.01. The van der Waals surface area contributed by atoms with Crippen molar-refractivity contribution in [2.45, 2.75) is 32.3 Å². The molecule has 2 rings (SSSR count). The minimum Gasteiger partial charge on any atom is -0.497 e. The predicted molar refractivity (Wildman–Crippen MR) is 78.1 cm³/mol. The van der Waals surface area contributed by atoms with Crippen LogP contribution in [-0.4, -0.2) is 31.8 Å². The zero-order valence-corrected chi connectivity index (χ0v) is 12.4. The fourth-order valence-corrected chi connectivity index (χ4v) is 2.64. The minimum atomic E-state index is -0.0798. The maximum absolute atomic E-state index is 12.1. The molecule has 1 N–H and O–H groups in total. The fourth-order valence-electron chi connectivity index (χ4n) is 2.64. The summed E-state index contributed by atoms with van der Waals surface area (Å²) < 4.78 is 10.8. The highest BCUT2D eigenvalue weighted by Crippen LogP contribution is 2.28. The van der Waals surface area contributed by atoms with E-state index in [-0.39, 0.29) is 11.5 Å². The molecule has 110 valence electrons. The summed E-state index contributed by atoms with van der Waals surface area (Å²) in [7, 11) is 1.60. The first-order valence-corrected chi connectivity index (χ1v) is 7.06. The van der Waals surface area contributed by atoms with Gasteiger partial charge >= 0.3 is 0 Å². The quantitative estimate of drug-likeness (QED) is 0.920. The molecule has 1 unspecified atom stereocenters. The van der Waals surface area contributed by atoms with Gasteiger partial charge in [-0.1, -0.05) is 6.07 Å². The van der Waals surface area contributed by atoms with E-state index in [0.717, 1.165) is 19.4 Å². The molecule has 1 saturated heterocycles. The highest BCUT2D eigenvalue weighted by molar-refractivity contribution is 5.94. The Balaban J connectivity index is 1.88. The lowest BCUT2D eigenvalue weighted by atomic mass is 9.88. The summed E-state index contributed by atoms with van der Waals surface area (Å²) in [6.07, 6.45) is 1.98. The zero-order chi connectivity index (χ0) is 14.6. The van der Waals surface area contributed by atoms with Crippen LogP contribution in [0.15, 0.2) is 24.3 Å². The van der Waals surface area contributed by atoms with Gasteiger partial charge in [-0.3, -0.25) is 4.79 Å². The summed E-state index contributed by atoms with van der Waals surface area (Å²) in [6.45, 7) is 5.67. The number of carbonyl (C=O) groups excluding carboxylic acids is 1. The average Bonchev–Trinajstić information content (AvgIpc) is 2.44. The highest BCUT2D eigenvalue weighted by atomic mass is 16.5. The predicted octanol–water partition coefficient (Wildman–Crippen LogP) is 2.63. The SMILES string of the molecule is COc1cccc(C(=O)NCC2CCOC(C)(C)C2)c1. The van der Waals surface area contributed by atoms with Gasteiger partial charge in [-0.2, -0.15) is 0 Å². The van der Waals surface area contributed by atoms with Gasteiger partial charge in [-0.25, -0.2) is 0 Å². The number of carbonyl (C=O) groups is 1. The number of rotatable bonds is 4. The molecule has 1 atom stereocenters. The summed E-state index contributed by atoms with van der Waals surface area (Å²) in [5.41, 5.74) is 0.555. The summed E-state index contributed by atoms with van der Waals surface area (Å²) in [5.74, 6) is 1.13. The molecule has 0 radical (unpaired) electrons. The summed E-state index contributed by atoms with van der Waals surface area (Å²) >= 11 is 0. The third-order valence-electron chi connectivity index (χ3n) is 3.68. The van der Waals surface area contributed by atoms with Crippen LogP contribution in [0.2, 0.25) is 0 Å². The molecule has 0 bridgehead atoms. The number of benzene rings is 1. The van der Waals surface area contributed by atoms with Gasteiger partial charge in [0.25, 0.3) is 5.91 Å². The van der Waals surface area contributed by atoms with Crippen LogP contribution in [0.1, 0.15) is 37.0 Å². The van der Waals surface area contributed by atoms with E-state index in [1.807, 2.05) is 12.1 Å². The monoisotopic (exact) mass is 277 g/mol. The van der Waals surface area contributed by atoms with Crippen molar-refractivity contribution in [1.82, 2.24) is 5.32 Å². The van der Waals surface area contributed by atoms with Crippen molar-refractivity contribution in [3.8, 4) is 5.75 Å². The molecule has 1 aliphatic heterocycles. The number of hydrogen-bond donors (Lipinski definition) is 1. The van der Waals surface area contributed by atoms with Crippen LogP contribution in [0.4, 0.5) is 0 Å². The van der Waals surface area contributed by atoms with Crippen molar-refractivity contribution < 1.29 is 14.3 Å². The Bertz CT molecular complexity index is 471. The van der Waals surface area contributed by atoms with Crippen LogP contribution in [0.5, 0.6) is 5.75 Å². The largest absolute Gasteiger partial charge is 0.497 e. The van der Waals surface area contributed by atoms with Crippen molar-refractivity contribution in [2.24, 2.45) is 5.92 Å². The summed E-state index contributed by atoms with van der Waals surface area (Å²) in [6, 6.07) is 7.21. The van der Waals surface area contributed by atoms with Gasteiger partial charge in [0.1, 0.15) is 5.75 Å². The topological polar surface area (TPSA) is 47.6 Å². The second kappa shape index (κ2) is 6.27. The van der Waals surface area contributed by atoms with Gasteiger partial charge in [0.15, 0.2) is 0 Å². The van der Waals surface area contributed by atoms with Crippen LogP contribution >= 0.6 is 0 Å². The number of nitrogens with one attached hydrogen (secondary N) is 1. The number of ether oxygens (including phenoxy) is 2. The molecule has 4 heteroatoms. The molecule has 1 aliphatic rings. The smallest absolute Gasteiger partial charge is 0.251 e. The van der Waals surface area contributed by atoms with E-state index in [2.05, 4.69) is 19.2 Å². The molecular weight excluding hydrogens is 254 g/mol. The lowest BCUT2D eigenvalue weighted by Gasteiger charge is -2.35.